The lowest BCUT2D eigenvalue weighted by Gasteiger charge is -2.33. The van der Waals surface area contributed by atoms with E-state index in [0.717, 1.165) is 35.9 Å². The fourth-order valence-corrected chi connectivity index (χ4v) is 5.91. The second kappa shape index (κ2) is 11.3. The second-order valence-corrected chi connectivity index (χ2v) is 12.8. The van der Waals surface area contributed by atoms with E-state index in [1.807, 2.05) is 30.7 Å². The minimum Gasteiger partial charge on any atom is -0.377 e. The molecule has 0 bridgehead atoms. The predicted octanol–water partition coefficient (Wildman–Crippen LogP) is 2.67. The first-order valence-electron chi connectivity index (χ1n) is 13.4. The van der Waals surface area contributed by atoms with Gasteiger partial charge >= 0.3 is 0 Å². The molecule has 1 fully saturated rings. The van der Waals surface area contributed by atoms with Gasteiger partial charge in [-0.25, -0.2) is 23.1 Å². The van der Waals surface area contributed by atoms with Gasteiger partial charge < -0.3 is 10.2 Å². The summed E-state index contributed by atoms with van der Waals surface area (Å²) in [7, 11) is -0.295. The number of amides is 1. The third kappa shape index (κ3) is 6.09. The van der Waals surface area contributed by atoms with Gasteiger partial charge in [0.05, 0.1) is 40.8 Å². The molecule has 222 valence electrons. The highest BCUT2D eigenvalue weighted by atomic mass is 35.5. The summed E-state index contributed by atoms with van der Waals surface area (Å²) in [6.07, 6.45) is 4.40. The number of nitrogens with one attached hydrogen (secondary N) is 2. The Hall–Kier alpha value is -4.04. The molecule has 0 aliphatic carbocycles. The first kappa shape index (κ1) is 29.5. The lowest BCUT2D eigenvalue weighted by atomic mass is 9.94. The monoisotopic (exact) mass is 613 g/mol. The molecular formula is C27H32ClN9O4S. The highest BCUT2D eigenvalue weighted by Crippen LogP contribution is 2.31. The summed E-state index contributed by atoms with van der Waals surface area (Å²) in [5.41, 5.74) is 3.06. The van der Waals surface area contributed by atoms with Crippen molar-refractivity contribution in [2.45, 2.75) is 38.6 Å². The molecule has 1 aliphatic heterocycles. The van der Waals surface area contributed by atoms with Crippen molar-refractivity contribution < 1.29 is 13.2 Å². The number of sulfonamides is 1. The topological polar surface area (TPSA) is 157 Å². The average molecular weight is 614 g/mol. The van der Waals surface area contributed by atoms with Gasteiger partial charge in [0.25, 0.3) is 11.5 Å². The first-order valence-corrected chi connectivity index (χ1v) is 15.7. The van der Waals surface area contributed by atoms with Crippen LogP contribution >= 0.6 is 11.6 Å². The predicted molar refractivity (Wildman–Crippen MR) is 161 cm³/mol. The van der Waals surface area contributed by atoms with Crippen molar-refractivity contribution in [3.8, 4) is 0 Å². The van der Waals surface area contributed by atoms with E-state index in [1.165, 1.54) is 6.07 Å². The van der Waals surface area contributed by atoms with Gasteiger partial charge in [-0.2, -0.15) is 15.0 Å². The van der Waals surface area contributed by atoms with E-state index < -0.39 is 22.0 Å². The molecule has 4 heterocycles. The average Bonchev–Trinajstić information content (AvgIpc) is 3.37. The summed E-state index contributed by atoms with van der Waals surface area (Å²) in [6.45, 7) is 5.18. The Morgan fingerprint density at radius 3 is 2.50 bits per heavy atom. The normalized spacial score (nSPS) is 15.1. The van der Waals surface area contributed by atoms with E-state index in [0.29, 0.717) is 29.9 Å². The number of aromatic nitrogens is 6. The smallest absolute Gasteiger partial charge is 0.285 e. The maximum Gasteiger partial charge on any atom is 0.285 e. The number of nitrogens with zero attached hydrogens (tertiary/aromatic N) is 7. The van der Waals surface area contributed by atoms with Gasteiger partial charge in [-0.1, -0.05) is 17.7 Å². The summed E-state index contributed by atoms with van der Waals surface area (Å²) in [6, 6.07) is 6.37. The summed E-state index contributed by atoms with van der Waals surface area (Å²) in [5.74, 6) is -0.0521. The van der Waals surface area contributed by atoms with Crippen molar-refractivity contribution in [1.82, 2.24) is 34.3 Å². The molecule has 1 amide bonds. The summed E-state index contributed by atoms with van der Waals surface area (Å²) in [4.78, 5) is 39.1. The van der Waals surface area contributed by atoms with Crippen LogP contribution in [0.15, 0.2) is 35.3 Å². The number of halogens is 1. The number of anilines is 2. The summed E-state index contributed by atoms with van der Waals surface area (Å²) < 4.78 is 26.9. The Bertz CT molecular complexity index is 1850. The van der Waals surface area contributed by atoms with Crippen molar-refractivity contribution in [3.63, 3.8) is 0 Å². The Balaban J connectivity index is 1.49. The van der Waals surface area contributed by atoms with Gasteiger partial charge in [0.2, 0.25) is 16.0 Å². The quantitative estimate of drug-likeness (QED) is 0.297. The first-order chi connectivity index (χ1) is 19.8. The van der Waals surface area contributed by atoms with Gasteiger partial charge in [0, 0.05) is 38.7 Å². The molecule has 13 nitrogen and oxygen atoms in total. The van der Waals surface area contributed by atoms with Crippen LogP contribution in [0.2, 0.25) is 5.15 Å². The van der Waals surface area contributed by atoms with Crippen LogP contribution in [0, 0.1) is 6.92 Å². The van der Waals surface area contributed by atoms with Crippen LogP contribution in [-0.4, -0.2) is 63.2 Å². The maximum atomic E-state index is 13.6. The molecule has 1 aromatic carbocycles. The molecule has 0 spiro atoms. The highest BCUT2D eigenvalue weighted by Gasteiger charge is 2.27. The number of hydrogen-bond donors (Lipinski definition) is 2. The van der Waals surface area contributed by atoms with E-state index in [2.05, 4.69) is 25.4 Å². The van der Waals surface area contributed by atoms with E-state index in [4.69, 9.17) is 16.6 Å². The molecule has 4 aromatic rings. The third-order valence-corrected chi connectivity index (χ3v) is 8.10. The third-order valence-electron chi connectivity index (χ3n) is 7.34. The van der Waals surface area contributed by atoms with Gasteiger partial charge in [0.1, 0.15) is 5.15 Å². The van der Waals surface area contributed by atoms with Crippen LogP contribution in [0.25, 0.3) is 10.9 Å². The molecule has 15 heteroatoms. The zero-order valence-electron chi connectivity index (χ0n) is 23.9. The van der Waals surface area contributed by atoms with E-state index in [-0.39, 0.29) is 28.0 Å². The van der Waals surface area contributed by atoms with Crippen LogP contribution < -0.4 is 20.5 Å². The number of carbonyl (C=O) groups excluding carboxylic acids is 1. The molecule has 0 unspecified atom stereocenters. The number of hydrogen-bond acceptors (Lipinski definition) is 10. The minimum atomic E-state index is -3.83. The van der Waals surface area contributed by atoms with E-state index in [1.54, 1.807) is 35.7 Å². The summed E-state index contributed by atoms with van der Waals surface area (Å²) >= 11 is 6.03. The number of rotatable bonds is 7. The number of benzene rings is 1. The molecule has 5 rings (SSSR count). The van der Waals surface area contributed by atoms with Crippen molar-refractivity contribution >= 4 is 50.1 Å². The van der Waals surface area contributed by atoms with Crippen molar-refractivity contribution in [2.75, 3.05) is 29.6 Å². The van der Waals surface area contributed by atoms with Crippen molar-refractivity contribution in [1.29, 1.82) is 0 Å². The maximum absolute atomic E-state index is 13.6. The van der Waals surface area contributed by atoms with Crippen molar-refractivity contribution in [2.24, 2.45) is 14.1 Å². The van der Waals surface area contributed by atoms with Crippen LogP contribution in [-0.2, 0) is 24.1 Å². The molecule has 1 saturated heterocycles. The number of piperidine rings is 1. The highest BCUT2D eigenvalue weighted by molar-refractivity contribution is 7.89. The molecule has 1 atom stereocenters. The van der Waals surface area contributed by atoms with Crippen molar-refractivity contribution in [3.05, 3.63) is 68.5 Å². The number of fused-ring (bicyclic) bond motifs is 1. The van der Waals surface area contributed by atoms with E-state index in [9.17, 15) is 18.0 Å². The van der Waals surface area contributed by atoms with Crippen LogP contribution in [0.5, 0.6) is 0 Å². The second-order valence-electron chi connectivity index (χ2n) is 10.6. The number of aryl methyl sites for hydroxylation is 2. The summed E-state index contributed by atoms with van der Waals surface area (Å²) in [5, 5.41) is 12.4. The number of pyridine rings is 1. The lowest BCUT2D eigenvalue weighted by molar-refractivity contribution is 0.0977. The van der Waals surface area contributed by atoms with Gasteiger partial charge in [0.15, 0.2) is 5.69 Å². The molecule has 0 saturated carbocycles. The standard InChI is InChI=1S/C27H32ClN9O4S/c1-15-12-18(16(2)30-20-6-7-22(28)31-24(20)25(38)34-42(5,40)41)23-19(13-15)26(39)35(3)27(32-23)37-10-8-17(9-11-37)21-14-29-36(4)33-21/h6-7,12-14,16-17,30H,8-11H2,1-5H3,(H,34,38)/t16-/m1/s1. The zero-order chi connectivity index (χ0) is 30.3. The fourth-order valence-electron chi connectivity index (χ4n) is 5.33. The Labute approximate surface area is 248 Å². The van der Waals surface area contributed by atoms with Crippen LogP contribution in [0.1, 0.15) is 59.0 Å². The van der Waals surface area contributed by atoms with Gasteiger partial charge in [-0.3, -0.25) is 14.2 Å². The largest absolute Gasteiger partial charge is 0.377 e. The molecule has 2 N–H and O–H groups in total. The zero-order valence-corrected chi connectivity index (χ0v) is 25.5. The SMILES string of the molecule is Cc1cc([C@@H](C)Nc2ccc(Cl)nc2C(=O)NS(C)(=O)=O)c2nc(N3CCC(c4cnn(C)n4)CC3)n(C)c(=O)c2c1. The van der Waals surface area contributed by atoms with Gasteiger partial charge in [-0.15, -0.1) is 0 Å². The Morgan fingerprint density at radius 1 is 1.14 bits per heavy atom. The lowest BCUT2D eigenvalue weighted by Crippen LogP contribution is -2.38. The minimum absolute atomic E-state index is 0.0331. The Kier molecular flexibility index (Phi) is 7.94. The molecule has 42 heavy (non-hydrogen) atoms. The fraction of sp³-hybridized carbons (Fsp3) is 0.407. The number of carbonyl (C=O) groups is 1. The molecule has 0 radical (unpaired) electrons. The van der Waals surface area contributed by atoms with Crippen LogP contribution in [0.3, 0.4) is 0 Å². The molecule has 1 aliphatic rings. The molecule has 3 aromatic heterocycles. The van der Waals surface area contributed by atoms with Gasteiger partial charge in [-0.05, 0) is 50.5 Å². The van der Waals surface area contributed by atoms with Crippen LogP contribution in [0.4, 0.5) is 11.6 Å². The van der Waals surface area contributed by atoms with E-state index >= 15 is 0 Å². The molecular weight excluding hydrogens is 582 g/mol. The Morgan fingerprint density at radius 2 is 1.86 bits per heavy atom.